The highest BCUT2D eigenvalue weighted by Gasteiger charge is 2.49. The molecule has 0 aliphatic heterocycles. The van der Waals surface area contributed by atoms with Gasteiger partial charge in [-0.1, -0.05) is 18.1 Å². The Morgan fingerprint density at radius 2 is 1.89 bits per heavy atom. The van der Waals surface area contributed by atoms with Gasteiger partial charge < -0.3 is 19.9 Å². The minimum absolute atomic E-state index is 0.0653. The lowest BCUT2D eigenvalue weighted by Gasteiger charge is -2.30. The number of aliphatic hydroxyl groups is 1. The lowest BCUT2D eigenvalue weighted by Crippen LogP contribution is -2.41. The molecule has 0 spiro atoms. The van der Waals surface area contributed by atoms with Crippen LogP contribution in [0.3, 0.4) is 0 Å². The average molecular weight is 532 g/mol. The minimum atomic E-state index is -3.85. The van der Waals surface area contributed by atoms with Crippen molar-refractivity contribution in [2.24, 2.45) is 0 Å². The normalized spacial score (nSPS) is 14.8. The molecule has 2 aromatic carbocycles. The molecule has 6 nitrogen and oxygen atoms in total. The van der Waals surface area contributed by atoms with E-state index in [4.69, 9.17) is 15.9 Å². The molecule has 1 aliphatic rings. The molecule has 0 radical (unpaired) electrons. The van der Waals surface area contributed by atoms with E-state index in [1.165, 1.54) is 18.2 Å². The Hall–Kier alpha value is -3.42. The minimum Gasteiger partial charge on any atom is -0.490 e. The highest BCUT2D eigenvalue weighted by atomic mass is 19.3. The predicted octanol–water partition coefficient (Wildman–Crippen LogP) is 5.79. The molecule has 10 heteroatoms. The zero-order valence-electron chi connectivity index (χ0n) is 21.5. The molecule has 3 aromatic rings. The van der Waals surface area contributed by atoms with Crippen LogP contribution in [0.1, 0.15) is 62.2 Å². The summed E-state index contributed by atoms with van der Waals surface area (Å²) in [6.07, 6.45) is 7.79. The van der Waals surface area contributed by atoms with E-state index in [0.29, 0.717) is 6.61 Å². The number of hydrogen-bond acceptors (Lipinski definition) is 6. The van der Waals surface area contributed by atoms with Gasteiger partial charge in [-0.15, -0.1) is 6.42 Å². The van der Waals surface area contributed by atoms with Crippen LogP contribution in [0.15, 0.2) is 24.3 Å². The van der Waals surface area contributed by atoms with Gasteiger partial charge in [-0.05, 0) is 52.7 Å². The summed E-state index contributed by atoms with van der Waals surface area (Å²) < 4.78 is 71.6. The number of terminal acetylenes is 1. The van der Waals surface area contributed by atoms with Gasteiger partial charge in [0.1, 0.15) is 46.5 Å². The van der Waals surface area contributed by atoms with E-state index in [2.05, 4.69) is 21.2 Å². The Balaban J connectivity index is 1.70. The highest BCUT2D eigenvalue weighted by molar-refractivity contribution is 5.92. The molecule has 202 valence electrons. The lowest BCUT2D eigenvalue weighted by atomic mass is 9.91. The topological polar surface area (TPSA) is 76.5 Å². The summed E-state index contributed by atoms with van der Waals surface area (Å²) in [6.45, 7) is 5.38. The van der Waals surface area contributed by atoms with Gasteiger partial charge in [0, 0.05) is 10.9 Å². The number of alkyl halides is 2. The second-order valence-electron chi connectivity index (χ2n) is 9.85. The van der Waals surface area contributed by atoms with Crippen LogP contribution in [-0.2, 0) is 10.7 Å². The molecule has 1 heterocycles. The Labute approximate surface area is 218 Å². The van der Waals surface area contributed by atoms with Crippen molar-refractivity contribution in [3.05, 3.63) is 58.4 Å². The van der Waals surface area contributed by atoms with Crippen molar-refractivity contribution in [3.8, 4) is 18.1 Å². The van der Waals surface area contributed by atoms with Gasteiger partial charge in [-0.25, -0.2) is 18.7 Å². The smallest absolute Gasteiger partial charge is 0.303 e. The van der Waals surface area contributed by atoms with Gasteiger partial charge in [0.05, 0.1) is 24.3 Å². The average Bonchev–Trinajstić information content (AvgIpc) is 3.66. The number of nitrogens with zero attached hydrogens (tertiary/aromatic N) is 2. The molecule has 1 aromatic heterocycles. The molecule has 1 saturated carbocycles. The lowest BCUT2D eigenvalue weighted by molar-refractivity contribution is -0.170. The maximum absolute atomic E-state index is 15.4. The largest absolute Gasteiger partial charge is 0.490 e. The van der Waals surface area contributed by atoms with Crippen molar-refractivity contribution in [1.82, 2.24) is 9.97 Å². The molecule has 2 N–H and O–H groups in total. The second kappa shape index (κ2) is 10.4. The fourth-order valence-corrected chi connectivity index (χ4v) is 4.01. The quantitative estimate of drug-likeness (QED) is 0.196. The van der Waals surface area contributed by atoms with Crippen molar-refractivity contribution in [2.45, 2.75) is 64.2 Å². The van der Waals surface area contributed by atoms with Gasteiger partial charge in [-0.2, -0.15) is 8.78 Å². The van der Waals surface area contributed by atoms with Gasteiger partial charge >= 0.3 is 5.92 Å². The van der Waals surface area contributed by atoms with Gasteiger partial charge in [0.25, 0.3) is 0 Å². The van der Waals surface area contributed by atoms with Crippen molar-refractivity contribution in [2.75, 3.05) is 18.5 Å². The third-order valence-electron chi connectivity index (χ3n) is 6.32. The van der Waals surface area contributed by atoms with Crippen LogP contribution in [0, 0.1) is 30.9 Å². The van der Waals surface area contributed by atoms with Crippen LogP contribution < -0.4 is 10.1 Å². The van der Waals surface area contributed by atoms with Crippen LogP contribution >= 0.6 is 0 Å². The Kier molecular flexibility index (Phi) is 7.55. The van der Waals surface area contributed by atoms with E-state index in [-0.39, 0.29) is 52.1 Å². The van der Waals surface area contributed by atoms with Crippen LogP contribution in [-0.4, -0.2) is 40.0 Å². The fraction of sp³-hybridized carbons (Fsp3) is 0.429. The number of ether oxygens (including phenoxy) is 2. The first-order valence-electron chi connectivity index (χ1n) is 12.2. The number of halogens is 4. The Bertz CT molecular complexity index is 1400. The van der Waals surface area contributed by atoms with E-state index in [0.717, 1.165) is 32.8 Å². The van der Waals surface area contributed by atoms with Crippen molar-refractivity contribution < 1.29 is 32.1 Å². The van der Waals surface area contributed by atoms with Crippen LogP contribution in [0.4, 0.5) is 23.4 Å². The van der Waals surface area contributed by atoms with E-state index < -0.39 is 34.8 Å². The van der Waals surface area contributed by atoms with Gasteiger partial charge in [0.15, 0.2) is 5.82 Å². The summed E-state index contributed by atoms with van der Waals surface area (Å²) in [5.74, 6) is -3.05. The van der Waals surface area contributed by atoms with Crippen molar-refractivity contribution in [3.63, 3.8) is 0 Å². The second-order valence-corrected chi connectivity index (χ2v) is 9.85. The number of aromatic nitrogens is 2. The molecule has 4 rings (SSSR count). The van der Waals surface area contributed by atoms with Crippen LogP contribution in [0.5, 0.6) is 5.75 Å². The standard InChI is InChI=1S/C28H29F4N3O3/c1-6-18-22(38-13-12-37-17-10-11-17)14-20-25(24(18)30)34-16(3)35-26(20)33-15(2)19-8-7-9-21(23(19)29)28(31,32)27(4,5)36/h1,7-9,14-15,17,36H,10-13H2,2-5H3,(H,33,34,35)/t15-/m1/s1. The molecule has 1 atom stereocenters. The monoisotopic (exact) mass is 531 g/mol. The molecule has 1 fully saturated rings. The third kappa shape index (κ3) is 5.40. The van der Waals surface area contributed by atoms with Crippen molar-refractivity contribution in [1.29, 1.82) is 0 Å². The molecule has 38 heavy (non-hydrogen) atoms. The molecule has 0 saturated heterocycles. The van der Waals surface area contributed by atoms with E-state index in [1.807, 2.05) is 0 Å². The summed E-state index contributed by atoms with van der Waals surface area (Å²) in [5.41, 5.74) is -3.69. The Morgan fingerprint density at radius 3 is 2.53 bits per heavy atom. The first-order chi connectivity index (χ1) is 17.8. The first kappa shape index (κ1) is 27.6. The molecule has 0 bridgehead atoms. The first-order valence-corrected chi connectivity index (χ1v) is 12.2. The maximum atomic E-state index is 15.4. The van der Waals surface area contributed by atoms with Crippen molar-refractivity contribution >= 4 is 16.7 Å². The predicted molar refractivity (Wildman–Crippen MR) is 135 cm³/mol. The van der Waals surface area contributed by atoms with Gasteiger partial charge in [0.2, 0.25) is 0 Å². The SMILES string of the molecule is C#Cc1c(OCCOC2CC2)cc2c(N[C@H](C)c3cccc(C(F)(F)C(C)(C)O)c3F)nc(C)nc2c1F. The number of fused-ring (bicyclic) bond motifs is 1. The summed E-state index contributed by atoms with van der Waals surface area (Å²) in [7, 11) is 0. The van der Waals surface area contributed by atoms with Crippen LogP contribution in [0.25, 0.3) is 10.9 Å². The molecule has 1 aliphatic carbocycles. The molecular weight excluding hydrogens is 502 g/mol. The van der Waals surface area contributed by atoms with E-state index in [1.54, 1.807) is 13.8 Å². The molecule has 0 unspecified atom stereocenters. The number of hydrogen-bond donors (Lipinski definition) is 2. The molecular formula is C28H29F4N3O3. The zero-order valence-corrected chi connectivity index (χ0v) is 21.5. The number of aryl methyl sites for hydroxylation is 1. The number of nitrogens with one attached hydrogen (secondary N) is 1. The summed E-state index contributed by atoms with van der Waals surface area (Å²) in [6, 6.07) is 4.18. The highest BCUT2D eigenvalue weighted by Crippen LogP contribution is 2.41. The van der Waals surface area contributed by atoms with Crippen LogP contribution in [0.2, 0.25) is 0 Å². The summed E-state index contributed by atoms with van der Waals surface area (Å²) in [4.78, 5) is 8.52. The maximum Gasteiger partial charge on any atom is 0.303 e. The summed E-state index contributed by atoms with van der Waals surface area (Å²) in [5, 5.41) is 13.1. The Morgan fingerprint density at radius 1 is 1.18 bits per heavy atom. The zero-order chi connectivity index (χ0) is 27.8. The summed E-state index contributed by atoms with van der Waals surface area (Å²) >= 11 is 0. The fourth-order valence-electron chi connectivity index (χ4n) is 4.01. The molecule has 0 amide bonds. The number of benzene rings is 2. The van der Waals surface area contributed by atoms with E-state index >= 15 is 8.78 Å². The third-order valence-corrected chi connectivity index (χ3v) is 6.32. The van der Waals surface area contributed by atoms with E-state index in [9.17, 15) is 13.9 Å². The number of rotatable bonds is 10. The number of anilines is 1. The van der Waals surface area contributed by atoms with Gasteiger partial charge in [-0.3, -0.25) is 0 Å².